The molecule has 29 heavy (non-hydrogen) atoms. The normalized spacial score (nSPS) is 12.0. The minimum atomic E-state index is -1.05. The van der Waals surface area contributed by atoms with E-state index in [-0.39, 0.29) is 17.6 Å². The molecule has 2 aromatic rings. The number of hydrogen-bond acceptors (Lipinski definition) is 7. The highest BCUT2D eigenvalue weighted by Crippen LogP contribution is 2.17. The first-order chi connectivity index (χ1) is 13.7. The highest BCUT2D eigenvalue weighted by atomic mass is 16.6. The first-order valence-electron chi connectivity index (χ1n) is 8.75. The van der Waals surface area contributed by atoms with E-state index in [1.54, 1.807) is 26.0 Å². The summed E-state index contributed by atoms with van der Waals surface area (Å²) < 4.78 is 9.93. The number of ketones is 1. The van der Waals surface area contributed by atoms with E-state index in [0.29, 0.717) is 11.3 Å². The van der Waals surface area contributed by atoms with Crippen molar-refractivity contribution in [1.82, 2.24) is 0 Å². The van der Waals surface area contributed by atoms with Crippen LogP contribution in [0.1, 0.15) is 36.9 Å². The molecular weight excluding hydrogens is 380 g/mol. The van der Waals surface area contributed by atoms with Crippen LogP contribution in [-0.4, -0.2) is 28.7 Å². The van der Waals surface area contributed by atoms with Gasteiger partial charge in [-0.2, -0.15) is 0 Å². The number of nitro groups is 1. The van der Waals surface area contributed by atoms with Crippen LogP contribution in [0.2, 0.25) is 0 Å². The van der Waals surface area contributed by atoms with Crippen molar-refractivity contribution in [1.29, 1.82) is 0 Å². The van der Waals surface area contributed by atoms with Crippen LogP contribution in [0.25, 0.3) is 6.08 Å². The second-order valence-electron chi connectivity index (χ2n) is 6.43. The number of amides is 1. The highest BCUT2D eigenvalue weighted by molar-refractivity contribution is 6.01. The van der Waals surface area contributed by atoms with Gasteiger partial charge in [0, 0.05) is 23.2 Å². The van der Waals surface area contributed by atoms with E-state index >= 15 is 0 Å². The van der Waals surface area contributed by atoms with Crippen LogP contribution < -0.4 is 5.32 Å². The van der Waals surface area contributed by atoms with Crippen molar-refractivity contribution in [2.45, 2.75) is 26.9 Å². The van der Waals surface area contributed by atoms with Crippen molar-refractivity contribution in [2.75, 3.05) is 5.32 Å². The van der Waals surface area contributed by atoms with Crippen molar-refractivity contribution in [2.24, 2.45) is 5.92 Å². The predicted molar refractivity (Wildman–Crippen MR) is 104 cm³/mol. The van der Waals surface area contributed by atoms with Gasteiger partial charge in [-0.3, -0.25) is 19.7 Å². The smallest absolute Gasteiger partial charge is 0.433 e. The number of benzene rings is 1. The third kappa shape index (κ3) is 6.13. The molecule has 0 spiro atoms. The molecule has 0 bridgehead atoms. The lowest BCUT2D eigenvalue weighted by atomic mass is 10.1. The lowest BCUT2D eigenvalue weighted by molar-refractivity contribution is -0.402. The Hall–Kier alpha value is -3.75. The summed E-state index contributed by atoms with van der Waals surface area (Å²) in [5.74, 6) is -1.87. The van der Waals surface area contributed by atoms with E-state index in [2.05, 4.69) is 5.32 Å². The van der Waals surface area contributed by atoms with Gasteiger partial charge < -0.3 is 14.5 Å². The van der Waals surface area contributed by atoms with E-state index in [4.69, 9.17) is 9.15 Å². The number of hydrogen-bond donors (Lipinski definition) is 1. The van der Waals surface area contributed by atoms with Crippen molar-refractivity contribution in [3.63, 3.8) is 0 Å². The standard InChI is InChI=1S/C20H20N2O7/c1-12(2)20(25)21-15-6-4-14(5-7-15)19(24)13(3)28-18(23)11-9-16-8-10-17(29-16)22(26)27/h4-13H,1-3H3,(H,21,25)/b11-9+/t13-/m0/s1. The maximum atomic E-state index is 12.4. The lowest BCUT2D eigenvalue weighted by Gasteiger charge is -2.12. The summed E-state index contributed by atoms with van der Waals surface area (Å²) in [5, 5.41) is 13.3. The molecule has 0 saturated carbocycles. The monoisotopic (exact) mass is 400 g/mol. The van der Waals surface area contributed by atoms with Crippen LogP contribution in [0.15, 0.2) is 46.9 Å². The van der Waals surface area contributed by atoms with Gasteiger partial charge >= 0.3 is 11.9 Å². The first kappa shape index (κ1) is 21.5. The van der Waals surface area contributed by atoms with Crippen molar-refractivity contribution < 1.29 is 28.5 Å². The number of furan rings is 1. The van der Waals surface area contributed by atoms with Crippen LogP contribution in [0.4, 0.5) is 11.6 Å². The number of rotatable bonds is 8. The fourth-order valence-electron chi connectivity index (χ4n) is 2.19. The van der Waals surface area contributed by atoms with Gasteiger partial charge in [-0.05, 0) is 43.3 Å². The van der Waals surface area contributed by atoms with Gasteiger partial charge in [0.2, 0.25) is 11.7 Å². The Morgan fingerprint density at radius 1 is 1.10 bits per heavy atom. The van der Waals surface area contributed by atoms with Crippen molar-refractivity contribution >= 4 is 35.3 Å². The number of ether oxygens (including phenoxy) is 1. The highest BCUT2D eigenvalue weighted by Gasteiger charge is 2.19. The molecule has 2 rings (SSSR count). The molecule has 0 aliphatic rings. The minimum Gasteiger partial charge on any atom is -0.451 e. The van der Waals surface area contributed by atoms with E-state index in [1.807, 2.05) is 0 Å². The largest absolute Gasteiger partial charge is 0.451 e. The maximum Gasteiger partial charge on any atom is 0.433 e. The summed E-state index contributed by atoms with van der Waals surface area (Å²) in [6.07, 6.45) is 1.17. The zero-order valence-corrected chi connectivity index (χ0v) is 16.1. The fraction of sp³-hybridized carbons (Fsp3) is 0.250. The third-order valence-electron chi connectivity index (χ3n) is 3.80. The second kappa shape index (κ2) is 9.45. The third-order valence-corrected chi connectivity index (χ3v) is 3.80. The number of anilines is 1. The minimum absolute atomic E-state index is 0.103. The van der Waals surface area contributed by atoms with Gasteiger partial charge in [0.05, 0.1) is 6.07 Å². The van der Waals surface area contributed by atoms with Crippen LogP contribution in [-0.2, 0) is 14.3 Å². The molecule has 0 fully saturated rings. The average molecular weight is 400 g/mol. The number of nitrogens with one attached hydrogen (secondary N) is 1. The molecule has 1 atom stereocenters. The molecule has 0 saturated heterocycles. The molecule has 0 unspecified atom stereocenters. The quantitative estimate of drug-likeness (QED) is 0.236. The predicted octanol–water partition coefficient (Wildman–Crippen LogP) is 3.61. The fourth-order valence-corrected chi connectivity index (χ4v) is 2.19. The summed E-state index contributed by atoms with van der Waals surface area (Å²) in [6.45, 7) is 4.97. The summed E-state index contributed by atoms with van der Waals surface area (Å²) in [5.41, 5.74) is 0.874. The van der Waals surface area contributed by atoms with Gasteiger partial charge in [0.25, 0.3) is 0 Å². The summed E-state index contributed by atoms with van der Waals surface area (Å²) in [6, 6.07) is 8.72. The van der Waals surface area contributed by atoms with Gasteiger partial charge in [-0.1, -0.05) is 13.8 Å². The van der Waals surface area contributed by atoms with Gasteiger partial charge in [-0.15, -0.1) is 0 Å². The number of carbonyl (C=O) groups is 3. The number of esters is 1. The summed E-state index contributed by atoms with van der Waals surface area (Å²) in [7, 11) is 0. The molecule has 1 aromatic heterocycles. The van der Waals surface area contributed by atoms with E-state index in [0.717, 1.165) is 12.1 Å². The molecule has 0 aliphatic heterocycles. The lowest BCUT2D eigenvalue weighted by Crippen LogP contribution is -2.23. The Bertz CT molecular complexity index is 942. The first-order valence-corrected chi connectivity index (χ1v) is 8.75. The Labute approximate surface area is 166 Å². The Morgan fingerprint density at radius 2 is 1.76 bits per heavy atom. The zero-order valence-electron chi connectivity index (χ0n) is 16.1. The summed E-state index contributed by atoms with van der Waals surface area (Å²) >= 11 is 0. The molecular formula is C20H20N2O7. The van der Waals surface area contributed by atoms with Gasteiger partial charge in [0.15, 0.2) is 6.10 Å². The maximum absolute atomic E-state index is 12.4. The number of Topliss-reactive ketones (excluding diaryl/α,β-unsaturated/α-hetero) is 1. The van der Waals surface area contributed by atoms with Crippen LogP contribution >= 0.6 is 0 Å². The molecule has 1 aromatic carbocycles. The molecule has 9 nitrogen and oxygen atoms in total. The molecule has 1 amide bonds. The van der Waals surface area contributed by atoms with Gasteiger partial charge in [-0.25, -0.2) is 4.79 Å². The van der Waals surface area contributed by atoms with Crippen LogP contribution in [0, 0.1) is 16.0 Å². The summed E-state index contributed by atoms with van der Waals surface area (Å²) in [4.78, 5) is 45.8. The number of nitrogens with zero attached hydrogens (tertiary/aromatic N) is 1. The Morgan fingerprint density at radius 3 is 2.31 bits per heavy atom. The Balaban J connectivity index is 1.93. The molecule has 1 N–H and O–H groups in total. The van der Waals surface area contributed by atoms with Crippen molar-refractivity contribution in [3.8, 4) is 0 Å². The molecule has 152 valence electrons. The van der Waals surface area contributed by atoms with Crippen LogP contribution in [0.5, 0.6) is 0 Å². The molecule has 1 heterocycles. The second-order valence-corrected chi connectivity index (χ2v) is 6.43. The molecule has 9 heteroatoms. The van der Waals surface area contributed by atoms with Crippen molar-refractivity contribution in [3.05, 3.63) is 63.9 Å². The van der Waals surface area contributed by atoms with E-state index < -0.39 is 28.7 Å². The molecule has 0 radical (unpaired) electrons. The SMILES string of the molecule is CC(C)C(=O)Nc1ccc(C(=O)[C@H](C)OC(=O)/C=C/c2ccc([N+](=O)[O-])o2)cc1. The average Bonchev–Trinajstić information content (AvgIpc) is 3.15. The van der Waals surface area contributed by atoms with E-state index in [9.17, 15) is 24.5 Å². The molecule has 0 aliphatic carbocycles. The topological polar surface area (TPSA) is 129 Å². The Kier molecular flexibility index (Phi) is 7.02. The van der Waals surface area contributed by atoms with E-state index in [1.165, 1.54) is 31.2 Å². The zero-order chi connectivity index (χ0) is 21.6. The number of carbonyl (C=O) groups excluding carboxylic acids is 3. The van der Waals surface area contributed by atoms with Gasteiger partial charge in [0.1, 0.15) is 10.7 Å². The van der Waals surface area contributed by atoms with Crippen LogP contribution in [0.3, 0.4) is 0 Å².